The van der Waals surface area contributed by atoms with Gasteiger partial charge in [0.25, 0.3) is 6.43 Å². The Hall–Kier alpha value is -2.99. The highest BCUT2D eigenvalue weighted by Crippen LogP contribution is 2.38. The molecule has 1 fully saturated rings. The summed E-state index contributed by atoms with van der Waals surface area (Å²) in [7, 11) is -1.01. The molecule has 0 radical (unpaired) electrons. The number of anilines is 1. The molecule has 1 saturated heterocycles. The summed E-state index contributed by atoms with van der Waals surface area (Å²) in [5.41, 5.74) is 0.583. The largest absolute Gasteiger partial charge is 0.475 e. The Balaban J connectivity index is 1.75. The van der Waals surface area contributed by atoms with E-state index in [0.717, 1.165) is 11.6 Å². The molecule has 200 valence electrons. The quantitative estimate of drug-likeness (QED) is 0.345. The van der Waals surface area contributed by atoms with Crippen LogP contribution in [-0.2, 0) is 14.5 Å². The van der Waals surface area contributed by atoms with E-state index in [9.17, 15) is 17.4 Å². The van der Waals surface area contributed by atoms with Crippen molar-refractivity contribution >= 4 is 26.6 Å². The molecule has 1 aliphatic rings. The van der Waals surface area contributed by atoms with Crippen LogP contribution in [0.25, 0.3) is 11.0 Å². The Labute approximate surface area is 214 Å². The molecule has 0 saturated carbocycles. The molecule has 3 heterocycles. The van der Waals surface area contributed by atoms with Gasteiger partial charge in [-0.15, -0.1) is 0 Å². The lowest BCUT2D eigenvalue weighted by Crippen LogP contribution is -2.22. The van der Waals surface area contributed by atoms with Crippen molar-refractivity contribution in [3.63, 3.8) is 0 Å². The molecule has 0 unspecified atom stereocenters. The summed E-state index contributed by atoms with van der Waals surface area (Å²) < 4.78 is 72.5. The number of aryl methyl sites for hydroxylation is 1. The van der Waals surface area contributed by atoms with Gasteiger partial charge in [-0.1, -0.05) is 18.2 Å². The fraction of sp³-hybridized carbons (Fsp3) is 0.480. The van der Waals surface area contributed by atoms with Gasteiger partial charge in [0.1, 0.15) is 24.1 Å². The van der Waals surface area contributed by atoms with Crippen LogP contribution >= 0.6 is 0 Å². The molecule has 3 aromatic rings. The van der Waals surface area contributed by atoms with Crippen molar-refractivity contribution < 1.29 is 26.9 Å². The second-order valence-corrected chi connectivity index (χ2v) is 11.6. The predicted octanol–water partition coefficient (Wildman–Crippen LogP) is 5.53. The van der Waals surface area contributed by atoms with E-state index in [4.69, 9.17) is 14.3 Å². The third-order valence-electron chi connectivity index (χ3n) is 6.46. The molecule has 37 heavy (non-hydrogen) atoms. The standard InChI is InChI=1S/C25H30F3N5O3S/c1-14(17-5-4-6-18(21(17)26)22(27)28)30-23-20-13-19(16-7-11-37(29,34)12-8-16)25(36-10-9-35-3)33-24(20)32-15(2)31-23/h4-6,13-14,16,22,29H,7-12H2,1-3H3,(H,30,31,32,33)/t14-,16?,37?/m1/s1. The Morgan fingerprint density at radius 1 is 1.16 bits per heavy atom. The van der Waals surface area contributed by atoms with Gasteiger partial charge in [0.2, 0.25) is 5.88 Å². The predicted molar refractivity (Wildman–Crippen MR) is 135 cm³/mol. The minimum Gasteiger partial charge on any atom is -0.475 e. The lowest BCUT2D eigenvalue weighted by Gasteiger charge is -2.26. The highest BCUT2D eigenvalue weighted by Gasteiger charge is 2.27. The molecule has 0 aliphatic carbocycles. The van der Waals surface area contributed by atoms with E-state index in [-0.39, 0.29) is 18.1 Å². The number of hydrogen-bond acceptors (Lipinski definition) is 8. The number of hydrogen-bond donors (Lipinski definition) is 2. The van der Waals surface area contributed by atoms with Crippen LogP contribution in [0.4, 0.5) is 19.0 Å². The third-order valence-corrected chi connectivity index (χ3v) is 8.25. The van der Waals surface area contributed by atoms with Crippen molar-refractivity contribution in [2.45, 2.75) is 45.1 Å². The van der Waals surface area contributed by atoms with Gasteiger partial charge < -0.3 is 14.8 Å². The average molecular weight is 538 g/mol. The molecule has 0 spiro atoms. The first kappa shape index (κ1) is 27.1. The average Bonchev–Trinajstić information content (AvgIpc) is 2.84. The maximum Gasteiger partial charge on any atom is 0.266 e. The number of fused-ring (bicyclic) bond motifs is 1. The molecular weight excluding hydrogens is 507 g/mol. The molecule has 4 rings (SSSR count). The zero-order valence-electron chi connectivity index (χ0n) is 20.9. The summed E-state index contributed by atoms with van der Waals surface area (Å²) in [6, 6.07) is 5.12. The summed E-state index contributed by atoms with van der Waals surface area (Å²) in [6.07, 6.45) is -1.83. The van der Waals surface area contributed by atoms with Crippen molar-refractivity contribution in [3.8, 4) is 5.88 Å². The van der Waals surface area contributed by atoms with Gasteiger partial charge in [-0.3, -0.25) is 4.78 Å². The van der Waals surface area contributed by atoms with Crippen LogP contribution in [-0.4, -0.2) is 51.0 Å². The van der Waals surface area contributed by atoms with E-state index >= 15 is 0 Å². The second-order valence-electron chi connectivity index (χ2n) is 9.13. The first-order valence-electron chi connectivity index (χ1n) is 12.0. The monoisotopic (exact) mass is 537 g/mol. The zero-order valence-corrected chi connectivity index (χ0v) is 21.7. The minimum absolute atomic E-state index is 0.0267. The lowest BCUT2D eigenvalue weighted by molar-refractivity contribution is 0.143. The van der Waals surface area contributed by atoms with E-state index in [1.807, 2.05) is 6.07 Å². The van der Waals surface area contributed by atoms with E-state index in [1.165, 1.54) is 12.1 Å². The van der Waals surface area contributed by atoms with Crippen LogP contribution in [0.2, 0.25) is 0 Å². The summed E-state index contributed by atoms with van der Waals surface area (Å²) in [6.45, 7) is 4.00. The number of aromatic nitrogens is 3. The maximum absolute atomic E-state index is 14.8. The highest BCUT2D eigenvalue weighted by atomic mass is 32.2. The van der Waals surface area contributed by atoms with Crippen molar-refractivity contribution in [2.24, 2.45) is 0 Å². The number of halogens is 3. The highest BCUT2D eigenvalue weighted by molar-refractivity contribution is 7.92. The molecule has 0 bridgehead atoms. The first-order chi connectivity index (χ1) is 17.6. The Kier molecular flexibility index (Phi) is 8.17. The van der Waals surface area contributed by atoms with Gasteiger partial charge in [0, 0.05) is 39.5 Å². The van der Waals surface area contributed by atoms with Crippen LogP contribution in [0.3, 0.4) is 0 Å². The number of methoxy groups -OCH3 is 1. The number of nitrogens with one attached hydrogen (secondary N) is 2. The van der Waals surface area contributed by atoms with E-state index in [0.29, 0.717) is 59.5 Å². The van der Waals surface area contributed by atoms with Gasteiger partial charge in [-0.25, -0.2) is 27.3 Å². The fourth-order valence-electron chi connectivity index (χ4n) is 4.48. The van der Waals surface area contributed by atoms with E-state index < -0.39 is 33.6 Å². The van der Waals surface area contributed by atoms with Crippen LogP contribution in [0.1, 0.15) is 60.7 Å². The molecule has 0 amide bonds. The van der Waals surface area contributed by atoms with Crippen LogP contribution in [0, 0.1) is 17.5 Å². The topological polar surface area (TPSA) is 110 Å². The molecular formula is C25H30F3N5O3S. The number of pyridine rings is 1. The Morgan fingerprint density at radius 3 is 2.54 bits per heavy atom. The van der Waals surface area contributed by atoms with Gasteiger partial charge in [0.15, 0.2) is 5.65 Å². The van der Waals surface area contributed by atoms with Crippen LogP contribution in [0.15, 0.2) is 24.3 Å². The van der Waals surface area contributed by atoms with Crippen molar-refractivity contribution in [2.75, 3.05) is 37.1 Å². The molecule has 1 aromatic carbocycles. The number of nitrogens with zero attached hydrogens (tertiary/aromatic N) is 3. The van der Waals surface area contributed by atoms with Crippen LogP contribution < -0.4 is 10.1 Å². The van der Waals surface area contributed by atoms with Gasteiger partial charge in [0.05, 0.1) is 23.6 Å². The lowest BCUT2D eigenvalue weighted by atomic mass is 9.93. The molecule has 12 heteroatoms. The number of alkyl halides is 2. The molecule has 8 nitrogen and oxygen atoms in total. The first-order valence-corrected chi connectivity index (χ1v) is 13.9. The minimum atomic E-state index is -2.92. The summed E-state index contributed by atoms with van der Waals surface area (Å²) in [5, 5.41) is 3.72. The zero-order chi connectivity index (χ0) is 26.7. The van der Waals surface area contributed by atoms with Crippen molar-refractivity contribution in [1.29, 1.82) is 4.78 Å². The molecule has 2 aromatic heterocycles. The van der Waals surface area contributed by atoms with Gasteiger partial charge in [-0.2, -0.15) is 4.98 Å². The summed E-state index contributed by atoms with van der Waals surface area (Å²) in [4.78, 5) is 13.6. The number of rotatable bonds is 9. The SMILES string of the molecule is COCCOc1nc2nc(C)nc(N[C@H](C)c3cccc(C(F)F)c3F)c2cc1C1CCS(=N)(=O)CC1. The number of benzene rings is 1. The molecule has 1 aliphatic heterocycles. The fourth-order valence-corrected chi connectivity index (χ4v) is 6.01. The second kappa shape index (κ2) is 11.2. The Bertz CT molecular complexity index is 1370. The van der Waals surface area contributed by atoms with Crippen molar-refractivity contribution in [1.82, 2.24) is 15.0 Å². The smallest absolute Gasteiger partial charge is 0.266 e. The Morgan fingerprint density at radius 2 is 1.86 bits per heavy atom. The normalized spacial score (nSPS) is 20.8. The van der Waals surface area contributed by atoms with E-state index in [1.54, 1.807) is 21.0 Å². The van der Waals surface area contributed by atoms with Crippen molar-refractivity contribution in [3.05, 3.63) is 52.6 Å². The van der Waals surface area contributed by atoms with Crippen LogP contribution in [0.5, 0.6) is 5.88 Å². The summed E-state index contributed by atoms with van der Waals surface area (Å²) >= 11 is 0. The van der Waals surface area contributed by atoms with E-state index in [2.05, 4.69) is 20.3 Å². The molecule has 1 atom stereocenters. The maximum atomic E-state index is 14.8. The molecule has 2 N–H and O–H groups in total. The van der Waals surface area contributed by atoms with Gasteiger partial charge >= 0.3 is 0 Å². The van der Waals surface area contributed by atoms with Gasteiger partial charge in [-0.05, 0) is 38.7 Å². The summed E-state index contributed by atoms with van der Waals surface area (Å²) in [5.74, 6) is 0.787. The number of ether oxygens (including phenoxy) is 2. The third kappa shape index (κ3) is 6.12.